The minimum absolute atomic E-state index is 0.668. The van der Waals surface area contributed by atoms with Crippen molar-refractivity contribution in [2.75, 3.05) is 6.26 Å². The van der Waals surface area contributed by atoms with Gasteiger partial charge < -0.3 is 5.11 Å². The largest absolute Gasteiger partial charge is 0.528 e. The van der Waals surface area contributed by atoms with Gasteiger partial charge in [0.05, 0.1) is 0 Å². The van der Waals surface area contributed by atoms with Crippen molar-refractivity contribution in [3.8, 4) is 0 Å². The third-order valence-electron chi connectivity index (χ3n) is 1.36. The van der Waals surface area contributed by atoms with Crippen molar-refractivity contribution in [3.63, 3.8) is 0 Å². The third kappa shape index (κ3) is 1.98. The maximum Gasteiger partial charge on any atom is 0.528 e. The predicted octanol–water partition coefficient (Wildman–Crippen LogP) is 1.97. The van der Waals surface area contributed by atoms with E-state index in [-0.39, 0.29) is 0 Å². The summed E-state index contributed by atoms with van der Waals surface area (Å²) >= 11 is 0. The molecule has 0 radical (unpaired) electrons. The summed E-state index contributed by atoms with van der Waals surface area (Å²) in [6, 6.07) is 9.24. The first-order chi connectivity index (χ1) is 5.22. The zero-order chi connectivity index (χ0) is 8.27. The van der Waals surface area contributed by atoms with Gasteiger partial charge in [0.25, 0.3) is 0 Å². The molecule has 1 aromatic carbocycles. The van der Waals surface area contributed by atoms with Crippen molar-refractivity contribution >= 4 is 16.2 Å². The normalized spacial score (nSPS) is 12.5. The van der Waals surface area contributed by atoms with Gasteiger partial charge in [-0.3, -0.25) is 0 Å². The lowest BCUT2D eigenvalue weighted by atomic mass is 10.4. The van der Waals surface area contributed by atoms with E-state index in [2.05, 4.69) is 0 Å². The van der Waals surface area contributed by atoms with E-state index in [9.17, 15) is 4.79 Å². The van der Waals surface area contributed by atoms with Crippen molar-refractivity contribution in [2.45, 2.75) is 4.90 Å². The molecular formula is C8H9O2S+. The minimum Gasteiger partial charge on any atom is -0.441 e. The highest BCUT2D eigenvalue weighted by Crippen LogP contribution is 2.10. The predicted molar refractivity (Wildman–Crippen MR) is 46.0 cm³/mol. The molecular weight excluding hydrogens is 160 g/mol. The van der Waals surface area contributed by atoms with Crippen LogP contribution in [0.25, 0.3) is 0 Å². The Morgan fingerprint density at radius 2 is 1.91 bits per heavy atom. The highest BCUT2D eigenvalue weighted by molar-refractivity contribution is 8.09. The smallest absolute Gasteiger partial charge is 0.441 e. The summed E-state index contributed by atoms with van der Waals surface area (Å²) in [5.74, 6) is 0. The maximum atomic E-state index is 10.5. The van der Waals surface area contributed by atoms with Gasteiger partial charge >= 0.3 is 5.30 Å². The Bertz CT molecular complexity index is 246. The molecule has 0 saturated heterocycles. The lowest BCUT2D eigenvalue weighted by Gasteiger charge is -1.93. The van der Waals surface area contributed by atoms with Gasteiger partial charge in [-0.05, 0) is 12.1 Å². The molecule has 2 nitrogen and oxygen atoms in total. The van der Waals surface area contributed by atoms with Gasteiger partial charge in [-0.25, -0.2) is 0 Å². The van der Waals surface area contributed by atoms with E-state index in [1.165, 1.54) is 0 Å². The molecule has 1 unspecified atom stereocenters. The van der Waals surface area contributed by atoms with Crippen LogP contribution in [0.4, 0.5) is 4.79 Å². The average molecular weight is 169 g/mol. The van der Waals surface area contributed by atoms with Crippen LogP contribution in [0.5, 0.6) is 0 Å². The second-order valence-electron chi connectivity index (χ2n) is 2.09. The van der Waals surface area contributed by atoms with Gasteiger partial charge in [-0.1, -0.05) is 18.2 Å². The van der Waals surface area contributed by atoms with Gasteiger partial charge in [0.15, 0.2) is 4.90 Å². The summed E-state index contributed by atoms with van der Waals surface area (Å²) in [5.41, 5.74) is 0. The number of hydrogen-bond acceptors (Lipinski definition) is 1. The second kappa shape index (κ2) is 3.44. The summed E-state index contributed by atoms with van der Waals surface area (Å²) in [6.45, 7) is 0. The molecule has 0 bridgehead atoms. The molecule has 1 atom stereocenters. The molecule has 1 rings (SSSR count). The maximum absolute atomic E-state index is 10.5. The lowest BCUT2D eigenvalue weighted by molar-refractivity contribution is 0.221. The van der Waals surface area contributed by atoms with Crippen LogP contribution < -0.4 is 0 Å². The minimum atomic E-state index is -0.754. The Hall–Kier alpha value is -0.960. The van der Waals surface area contributed by atoms with Crippen molar-refractivity contribution < 1.29 is 9.90 Å². The molecule has 58 valence electrons. The van der Waals surface area contributed by atoms with Crippen molar-refractivity contribution in [1.82, 2.24) is 0 Å². The Morgan fingerprint density at radius 3 is 2.36 bits per heavy atom. The first-order valence-electron chi connectivity index (χ1n) is 3.15. The number of hydrogen-bond donors (Lipinski definition) is 1. The molecule has 0 fully saturated rings. The van der Waals surface area contributed by atoms with E-state index in [0.717, 1.165) is 4.90 Å². The molecule has 1 aromatic rings. The van der Waals surface area contributed by atoms with Crippen LogP contribution in [0.2, 0.25) is 0 Å². The number of benzene rings is 1. The fourth-order valence-electron chi connectivity index (χ4n) is 0.725. The molecule has 0 saturated carbocycles. The third-order valence-corrected chi connectivity index (χ3v) is 2.86. The SMILES string of the molecule is C[S+](C(=O)O)c1ccccc1. The molecule has 0 spiro atoms. The topological polar surface area (TPSA) is 37.3 Å². The molecule has 0 amide bonds. The highest BCUT2D eigenvalue weighted by atomic mass is 32.2. The summed E-state index contributed by atoms with van der Waals surface area (Å²) in [5, 5.41) is 7.89. The fourth-order valence-corrected chi connectivity index (χ4v) is 1.49. The Labute approximate surface area is 68.2 Å². The molecule has 0 heterocycles. The number of rotatable bonds is 1. The molecule has 3 heteroatoms. The van der Waals surface area contributed by atoms with E-state index in [0.29, 0.717) is 0 Å². The monoisotopic (exact) mass is 169 g/mol. The average Bonchev–Trinajstić information content (AvgIpc) is 2.05. The Balaban J connectivity index is 2.85. The highest BCUT2D eigenvalue weighted by Gasteiger charge is 2.24. The van der Waals surface area contributed by atoms with Gasteiger partial charge in [0.1, 0.15) is 17.2 Å². The summed E-state index contributed by atoms with van der Waals surface area (Å²) < 4.78 is 0. The van der Waals surface area contributed by atoms with Crippen molar-refractivity contribution in [2.24, 2.45) is 0 Å². The van der Waals surface area contributed by atoms with Crippen LogP contribution >= 0.6 is 0 Å². The summed E-state index contributed by atoms with van der Waals surface area (Å²) in [7, 11) is -0.668. The van der Waals surface area contributed by atoms with Crippen molar-refractivity contribution in [1.29, 1.82) is 0 Å². The second-order valence-corrected chi connectivity index (χ2v) is 3.93. The number of carboxylic acid groups (broad SMARTS) is 1. The van der Waals surface area contributed by atoms with E-state index in [4.69, 9.17) is 5.11 Å². The molecule has 0 aromatic heterocycles. The Morgan fingerprint density at radius 1 is 1.36 bits per heavy atom. The van der Waals surface area contributed by atoms with Crippen LogP contribution in [0.3, 0.4) is 0 Å². The van der Waals surface area contributed by atoms with Crippen LogP contribution in [0.1, 0.15) is 0 Å². The first kappa shape index (κ1) is 8.14. The first-order valence-corrected chi connectivity index (χ1v) is 4.79. The summed E-state index contributed by atoms with van der Waals surface area (Å²) in [4.78, 5) is 11.4. The van der Waals surface area contributed by atoms with Crippen LogP contribution in [-0.4, -0.2) is 16.7 Å². The lowest BCUT2D eigenvalue weighted by Crippen LogP contribution is -2.10. The van der Waals surface area contributed by atoms with Gasteiger partial charge in [-0.15, -0.1) is 0 Å². The quantitative estimate of drug-likeness (QED) is 0.652. The van der Waals surface area contributed by atoms with Crippen LogP contribution in [0, 0.1) is 0 Å². The van der Waals surface area contributed by atoms with E-state index < -0.39 is 16.2 Å². The molecule has 0 aliphatic rings. The standard InChI is InChI=1S/C8H8O2S/c1-11(8(9)10)7-5-3-2-4-6-7/h2-6H,1H3/p+1. The van der Waals surface area contributed by atoms with E-state index >= 15 is 0 Å². The molecule has 0 aliphatic heterocycles. The molecule has 1 N–H and O–H groups in total. The fraction of sp³-hybridized carbons (Fsp3) is 0.125. The Kier molecular flexibility index (Phi) is 2.54. The zero-order valence-electron chi connectivity index (χ0n) is 6.15. The summed E-state index contributed by atoms with van der Waals surface area (Å²) in [6.07, 6.45) is 1.71. The number of carbonyl (C=O) groups is 1. The molecule has 0 aliphatic carbocycles. The van der Waals surface area contributed by atoms with Gasteiger partial charge in [0, 0.05) is 0 Å². The van der Waals surface area contributed by atoms with E-state index in [1.807, 2.05) is 30.3 Å². The van der Waals surface area contributed by atoms with E-state index in [1.54, 1.807) is 6.26 Å². The van der Waals surface area contributed by atoms with Gasteiger partial charge in [-0.2, -0.15) is 4.79 Å². The van der Waals surface area contributed by atoms with Gasteiger partial charge in [0.2, 0.25) is 0 Å². The van der Waals surface area contributed by atoms with Crippen LogP contribution in [-0.2, 0) is 10.9 Å². The van der Waals surface area contributed by atoms with Crippen molar-refractivity contribution in [3.05, 3.63) is 30.3 Å². The van der Waals surface area contributed by atoms with Crippen LogP contribution in [0.15, 0.2) is 35.2 Å². The zero-order valence-corrected chi connectivity index (χ0v) is 6.97. The molecule has 11 heavy (non-hydrogen) atoms.